The van der Waals surface area contributed by atoms with Crippen LogP contribution in [0.2, 0.25) is 0 Å². The molecule has 0 aliphatic carbocycles. The molecular weight excluding hydrogens is 371 g/mol. The third kappa shape index (κ3) is 6.18. The number of para-hydroxylation sites is 1. The van der Waals surface area contributed by atoms with Crippen LogP contribution in [0.15, 0.2) is 29.3 Å². The smallest absolute Gasteiger partial charge is 0.274 e. The van der Waals surface area contributed by atoms with Crippen LogP contribution < -0.4 is 10.6 Å². The fourth-order valence-corrected chi connectivity index (χ4v) is 1.57. The van der Waals surface area contributed by atoms with Gasteiger partial charge in [-0.1, -0.05) is 25.1 Å². The van der Waals surface area contributed by atoms with Crippen LogP contribution in [0.3, 0.4) is 0 Å². The molecule has 2 N–H and O–H groups in total. The van der Waals surface area contributed by atoms with Gasteiger partial charge in [0.15, 0.2) is 5.96 Å². The topological polar surface area (TPSA) is 79.6 Å². The Bertz CT molecular complexity index is 452. The van der Waals surface area contributed by atoms with Crippen LogP contribution in [-0.2, 0) is 6.54 Å². The van der Waals surface area contributed by atoms with Gasteiger partial charge in [0.05, 0.1) is 17.0 Å². The molecule has 0 unspecified atom stereocenters. The zero-order valence-electron chi connectivity index (χ0n) is 11.8. The molecule has 0 spiro atoms. The minimum Gasteiger partial charge on any atom is -0.357 e. The number of nitrogens with zero attached hydrogens (tertiary/aromatic N) is 2. The molecule has 1 aromatic carbocycles. The van der Waals surface area contributed by atoms with Gasteiger partial charge in [-0.3, -0.25) is 10.1 Å². The van der Waals surface area contributed by atoms with E-state index in [9.17, 15) is 10.1 Å². The van der Waals surface area contributed by atoms with Crippen molar-refractivity contribution in [2.75, 3.05) is 13.1 Å². The summed E-state index contributed by atoms with van der Waals surface area (Å²) in [5.41, 5.74) is 0.721. The summed E-state index contributed by atoms with van der Waals surface area (Å²) in [6.45, 7) is 5.91. The Balaban J connectivity index is 0.00000361. The van der Waals surface area contributed by atoms with Gasteiger partial charge in [-0.25, -0.2) is 4.99 Å². The Kier molecular flexibility index (Phi) is 9.69. The number of hydrogen-bond donors (Lipinski definition) is 2. The number of guanidine groups is 1. The molecule has 0 aliphatic heterocycles. The lowest BCUT2D eigenvalue weighted by molar-refractivity contribution is -0.385. The fraction of sp³-hybridized carbons (Fsp3) is 0.462. The number of nitro groups is 1. The summed E-state index contributed by atoms with van der Waals surface area (Å²) in [6, 6.07) is 6.67. The van der Waals surface area contributed by atoms with Crippen LogP contribution >= 0.6 is 24.0 Å². The number of aliphatic imine (C=N–C) groups is 1. The minimum atomic E-state index is -0.378. The summed E-state index contributed by atoms with van der Waals surface area (Å²) in [6.07, 6.45) is 0.996. The average Bonchev–Trinajstić information content (AvgIpc) is 2.42. The third-order valence-electron chi connectivity index (χ3n) is 2.48. The molecule has 0 aliphatic rings. The largest absolute Gasteiger partial charge is 0.357 e. The first-order chi connectivity index (χ1) is 9.19. The molecule has 0 saturated carbocycles. The third-order valence-corrected chi connectivity index (χ3v) is 2.48. The summed E-state index contributed by atoms with van der Waals surface area (Å²) in [7, 11) is 0. The second-order valence-corrected chi connectivity index (χ2v) is 4.01. The van der Waals surface area contributed by atoms with Crippen molar-refractivity contribution >= 4 is 35.6 Å². The number of benzene rings is 1. The highest BCUT2D eigenvalue weighted by Crippen LogP contribution is 2.18. The molecule has 0 bridgehead atoms. The Morgan fingerprint density at radius 2 is 2.00 bits per heavy atom. The van der Waals surface area contributed by atoms with Crippen LogP contribution in [0.1, 0.15) is 25.8 Å². The van der Waals surface area contributed by atoms with Crippen molar-refractivity contribution in [3.8, 4) is 0 Å². The number of nitrogens with one attached hydrogen (secondary N) is 2. The molecular formula is C13H21IN4O2. The van der Waals surface area contributed by atoms with Crippen molar-refractivity contribution in [3.63, 3.8) is 0 Å². The number of rotatable bonds is 6. The second-order valence-electron chi connectivity index (χ2n) is 4.01. The van der Waals surface area contributed by atoms with E-state index in [-0.39, 0.29) is 41.1 Å². The van der Waals surface area contributed by atoms with Crippen molar-refractivity contribution in [3.05, 3.63) is 39.9 Å². The number of nitro benzene ring substituents is 1. The van der Waals surface area contributed by atoms with E-state index >= 15 is 0 Å². The van der Waals surface area contributed by atoms with Gasteiger partial charge >= 0.3 is 0 Å². The molecule has 6 nitrogen and oxygen atoms in total. The molecule has 0 amide bonds. The van der Waals surface area contributed by atoms with E-state index in [1.165, 1.54) is 6.07 Å². The first kappa shape index (κ1) is 18.6. The van der Waals surface area contributed by atoms with E-state index < -0.39 is 0 Å². The maximum Gasteiger partial charge on any atom is 0.274 e. The zero-order valence-corrected chi connectivity index (χ0v) is 14.1. The number of halogens is 1. The molecule has 0 aromatic heterocycles. The highest BCUT2D eigenvalue weighted by Gasteiger charge is 2.11. The quantitative estimate of drug-likeness (QED) is 0.257. The molecule has 20 heavy (non-hydrogen) atoms. The first-order valence-corrected chi connectivity index (χ1v) is 6.43. The van der Waals surface area contributed by atoms with E-state index in [1.807, 2.05) is 6.92 Å². The molecule has 0 saturated heterocycles. The van der Waals surface area contributed by atoms with E-state index in [4.69, 9.17) is 0 Å². The molecule has 0 atom stereocenters. The standard InChI is InChI=1S/C13H20N4O2.HI/c1-3-9-15-13(14-4-2)16-10-11-7-5-6-8-12(11)17(18)19;/h5-8H,3-4,9-10H2,1-2H3,(H2,14,15,16);1H. The van der Waals surface area contributed by atoms with Gasteiger partial charge in [-0.05, 0) is 13.3 Å². The summed E-state index contributed by atoms with van der Waals surface area (Å²) < 4.78 is 0. The predicted molar refractivity (Wildman–Crippen MR) is 91.6 cm³/mol. The fourth-order valence-electron chi connectivity index (χ4n) is 1.57. The van der Waals surface area contributed by atoms with Crippen molar-refractivity contribution in [1.29, 1.82) is 0 Å². The van der Waals surface area contributed by atoms with Crippen LogP contribution in [0, 0.1) is 10.1 Å². The SMILES string of the molecule is CCCNC(=NCc1ccccc1[N+](=O)[O-])NCC.I. The average molecular weight is 392 g/mol. The van der Waals surface area contributed by atoms with E-state index in [0.29, 0.717) is 11.5 Å². The van der Waals surface area contributed by atoms with Crippen molar-refractivity contribution < 1.29 is 4.92 Å². The molecule has 0 heterocycles. The van der Waals surface area contributed by atoms with Crippen LogP contribution in [0.4, 0.5) is 5.69 Å². The lowest BCUT2D eigenvalue weighted by Gasteiger charge is -2.10. The molecule has 1 aromatic rings. The molecule has 0 fully saturated rings. The van der Waals surface area contributed by atoms with Crippen LogP contribution in [0.25, 0.3) is 0 Å². The normalized spacial score (nSPS) is 10.6. The molecule has 7 heteroatoms. The van der Waals surface area contributed by atoms with Gasteiger partial charge < -0.3 is 10.6 Å². The Hall–Kier alpha value is -1.38. The monoisotopic (exact) mass is 392 g/mol. The summed E-state index contributed by atoms with van der Waals surface area (Å²) in [5.74, 6) is 0.683. The van der Waals surface area contributed by atoms with E-state index in [0.717, 1.165) is 19.5 Å². The lowest BCUT2D eigenvalue weighted by atomic mass is 10.2. The van der Waals surface area contributed by atoms with Gasteiger partial charge in [0.25, 0.3) is 5.69 Å². The number of hydrogen-bond acceptors (Lipinski definition) is 3. The predicted octanol–water partition coefficient (Wildman–Crippen LogP) is 2.68. The summed E-state index contributed by atoms with van der Waals surface area (Å²) in [4.78, 5) is 14.9. The Morgan fingerprint density at radius 1 is 1.30 bits per heavy atom. The second kappa shape index (κ2) is 10.4. The van der Waals surface area contributed by atoms with Crippen molar-refractivity contribution in [2.24, 2.45) is 4.99 Å². The van der Waals surface area contributed by atoms with Gasteiger partial charge in [-0.2, -0.15) is 0 Å². The van der Waals surface area contributed by atoms with Crippen molar-refractivity contribution in [2.45, 2.75) is 26.8 Å². The first-order valence-electron chi connectivity index (χ1n) is 6.43. The highest BCUT2D eigenvalue weighted by molar-refractivity contribution is 14.0. The van der Waals surface area contributed by atoms with Crippen LogP contribution in [0.5, 0.6) is 0 Å². The molecule has 0 radical (unpaired) electrons. The van der Waals surface area contributed by atoms with Gasteiger partial charge in [-0.15, -0.1) is 24.0 Å². The minimum absolute atomic E-state index is 0. The summed E-state index contributed by atoms with van der Waals surface area (Å²) in [5, 5.41) is 17.2. The van der Waals surface area contributed by atoms with Gasteiger partial charge in [0.2, 0.25) is 0 Å². The maximum absolute atomic E-state index is 10.9. The summed E-state index contributed by atoms with van der Waals surface area (Å²) >= 11 is 0. The van der Waals surface area contributed by atoms with Crippen LogP contribution in [-0.4, -0.2) is 24.0 Å². The highest BCUT2D eigenvalue weighted by atomic mass is 127. The van der Waals surface area contributed by atoms with E-state index in [1.54, 1.807) is 18.2 Å². The molecule has 112 valence electrons. The van der Waals surface area contributed by atoms with Gasteiger partial charge in [0.1, 0.15) is 0 Å². The van der Waals surface area contributed by atoms with E-state index in [2.05, 4.69) is 22.5 Å². The zero-order chi connectivity index (χ0) is 14.1. The molecule has 1 rings (SSSR count). The lowest BCUT2D eigenvalue weighted by Crippen LogP contribution is -2.37. The Morgan fingerprint density at radius 3 is 2.60 bits per heavy atom. The Labute approximate surface area is 136 Å². The van der Waals surface area contributed by atoms with Gasteiger partial charge in [0, 0.05) is 19.2 Å². The van der Waals surface area contributed by atoms with Crippen molar-refractivity contribution in [1.82, 2.24) is 10.6 Å². The maximum atomic E-state index is 10.9.